The molecule has 1 heterocycles. The topological polar surface area (TPSA) is 25.2 Å². The van der Waals surface area contributed by atoms with E-state index in [1.54, 1.807) is 6.20 Å². The first-order valence-electron chi connectivity index (χ1n) is 2.72. The molecule has 0 saturated carbocycles. The molecule has 1 aromatic rings. The third-order valence-corrected chi connectivity index (χ3v) is 1.06. The molecular weight excluding hydrogens is 112 g/mol. The second kappa shape index (κ2) is 2.40. The van der Waals surface area contributed by atoms with E-state index < -0.39 is 0 Å². The van der Waals surface area contributed by atoms with E-state index in [2.05, 4.69) is 16.7 Å². The zero-order chi connectivity index (χ0) is 6.69. The van der Waals surface area contributed by atoms with E-state index >= 15 is 0 Å². The van der Waals surface area contributed by atoms with E-state index in [0.29, 0.717) is 5.82 Å². The number of hydrogen-bond acceptors (Lipinski definition) is 2. The van der Waals surface area contributed by atoms with Crippen LogP contribution < -0.4 is 0 Å². The molecule has 2 heteroatoms. The van der Waals surface area contributed by atoms with Crippen molar-refractivity contribution in [2.75, 3.05) is 0 Å². The maximum atomic E-state index is 3.97. The second-order valence-corrected chi connectivity index (χ2v) is 1.85. The summed E-state index contributed by atoms with van der Waals surface area (Å²) in [5.74, 6) is 0.681. The lowest BCUT2D eigenvalue weighted by Crippen LogP contribution is -1.73. The summed E-state index contributed by atoms with van der Waals surface area (Å²) in [5, 5.41) is 0. The van der Waals surface area contributed by atoms with Crippen LogP contribution >= 0.6 is 0 Å². The van der Waals surface area contributed by atoms with Gasteiger partial charge in [-0.2, -0.15) is 0 Å². The first kappa shape index (κ1) is 5.95. The Morgan fingerprint density at radius 1 is 1.56 bits per heavy atom. The van der Waals surface area contributed by atoms with Crippen LogP contribution in [0.4, 0.5) is 5.82 Å². The van der Waals surface area contributed by atoms with E-state index in [9.17, 15) is 0 Å². The summed E-state index contributed by atoms with van der Waals surface area (Å²) in [4.78, 5) is 7.62. The van der Waals surface area contributed by atoms with E-state index in [0.717, 1.165) is 5.56 Å². The van der Waals surface area contributed by atoms with Crippen LogP contribution in [0, 0.1) is 6.92 Å². The lowest BCUT2D eigenvalue weighted by Gasteiger charge is -1.90. The molecule has 0 radical (unpaired) electrons. The minimum Gasteiger partial charge on any atom is -0.245 e. The van der Waals surface area contributed by atoms with Crippen molar-refractivity contribution < 1.29 is 0 Å². The molecule has 0 N–H and O–H groups in total. The van der Waals surface area contributed by atoms with E-state index in [1.165, 1.54) is 0 Å². The van der Waals surface area contributed by atoms with Crippen molar-refractivity contribution in [2.24, 2.45) is 4.99 Å². The smallest absolute Gasteiger partial charge is 0.151 e. The quantitative estimate of drug-likeness (QED) is 0.518. The van der Waals surface area contributed by atoms with Crippen molar-refractivity contribution in [3.05, 3.63) is 23.9 Å². The zero-order valence-corrected chi connectivity index (χ0v) is 5.33. The van der Waals surface area contributed by atoms with Gasteiger partial charge < -0.3 is 0 Å². The molecule has 9 heavy (non-hydrogen) atoms. The van der Waals surface area contributed by atoms with Crippen LogP contribution in [0.5, 0.6) is 0 Å². The van der Waals surface area contributed by atoms with Crippen molar-refractivity contribution in [3.8, 4) is 0 Å². The molecule has 0 aliphatic heterocycles. The maximum Gasteiger partial charge on any atom is 0.151 e. The average Bonchev–Trinajstić information content (AvgIpc) is 1.90. The Hall–Kier alpha value is -1.18. The minimum atomic E-state index is 0.681. The highest BCUT2D eigenvalue weighted by Gasteiger charge is 1.84. The molecule has 0 unspecified atom stereocenters. The third kappa shape index (κ3) is 1.35. The highest BCUT2D eigenvalue weighted by molar-refractivity contribution is 5.39. The van der Waals surface area contributed by atoms with E-state index in [1.807, 2.05) is 19.1 Å². The molecule has 0 amide bonds. The van der Waals surface area contributed by atoms with Gasteiger partial charge in [-0.15, -0.1) is 0 Å². The zero-order valence-electron chi connectivity index (χ0n) is 5.33. The number of aliphatic imine (C=N–C) groups is 1. The summed E-state index contributed by atoms with van der Waals surface area (Å²) >= 11 is 0. The highest BCUT2D eigenvalue weighted by atomic mass is 14.9. The Bertz CT molecular complexity index is 201. The van der Waals surface area contributed by atoms with Gasteiger partial charge in [0.15, 0.2) is 5.82 Å². The Morgan fingerprint density at radius 3 is 2.78 bits per heavy atom. The third-order valence-electron chi connectivity index (χ3n) is 1.06. The fraction of sp³-hybridized carbons (Fsp3) is 0.143. The largest absolute Gasteiger partial charge is 0.245 e. The van der Waals surface area contributed by atoms with E-state index in [-0.39, 0.29) is 0 Å². The maximum absolute atomic E-state index is 3.97. The molecule has 0 aliphatic carbocycles. The average molecular weight is 120 g/mol. The summed E-state index contributed by atoms with van der Waals surface area (Å²) in [7, 11) is 0. The molecular formula is C7H8N2. The molecule has 0 aromatic carbocycles. The summed E-state index contributed by atoms with van der Waals surface area (Å²) in [5.41, 5.74) is 1.14. The fourth-order valence-electron chi connectivity index (χ4n) is 0.554. The summed E-state index contributed by atoms with van der Waals surface area (Å²) < 4.78 is 0. The molecule has 1 rings (SSSR count). The van der Waals surface area contributed by atoms with Gasteiger partial charge >= 0.3 is 0 Å². The number of nitrogens with zero attached hydrogens (tertiary/aromatic N) is 2. The standard InChI is InChI=1S/C7H8N2/c1-6-3-4-7(8-2)9-5-6/h3-5H,2H2,1H3. The van der Waals surface area contributed by atoms with Gasteiger partial charge in [0.05, 0.1) is 0 Å². The lowest BCUT2D eigenvalue weighted by molar-refractivity contribution is 1.24. The Labute approximate surface area is 54.3 Å². The fourth-order valence-corrected chi connectivity index (χ4v) is 0.554. The van der Waals surface area contributed by atoms with Crippen LogP contribution in [0.1, 0.15) is 5.56 Å². The first-order valence-corrected chi connectivity index (χ1v) is 2.72. The van der Waals surface area contributed by atoms with Gasteiger partial charge in [0.25, 0.3) is 0 Å². The monoisotopic (exact) mass is 120 g/mol. The summed E-state index contributed by atoms with van der Waals surface area (Å²) in [6.07, 6.45) is 1.77. The summed E-state index contributed by atoms with van der Waals surface area (Å²) in [6, 6.07) is 3.79. The van der Waals surface area contributed by atoms with Crippen LogP contribution in [-0.4, -0.2) is 11.7 Å². The van der Waals surface area contributed by atoms with E-state index in [4.69, 9.17) is 0 Å². The SMILES string of the molecule is C=Nc1ccc(C)cn1. The highest BCUT2D eigenvalue weighted by Crippen LogP contribution is 2.05. The molecule has 0 bridgehead atoms. The number of aromatic nitrogens is 1. The van der Waals surface area contributed by atoms with Gasteiger partial charge in [0.2, 0.25) is 0 Å². The van der Waals surface area contributed by atoms with Gasteiger partial charge in [-0.05, 0) is 25.3 Å². The van der Waals surface area contributed by atoms with Gasteiger partial charge in [0, 0.05) is 6.20 Å². The molecule has 0 aliphatic rings. The number of aryl methyl sites for hydroxylation is 1. The van der Waals surface area contributed by atoms with Crippen LogP contribution in [0.2, 0.25) is 0 Å². The lowest BCUT2D eigenvalue weighted by atomic mass is 10.3. The van der Waals surface area contributed by atoms with Crippen LogP contribution in [0.15, 0.2) is 23.3 Å². The number of rotatable bonds is 1. The molecule has 0 fully saturated rings. The molecule has 0 saturated heterocycles. The summed E-state index contributed by atoms with van der Waals surface area (Å²) in [6.45, 7) is 5.33. The predicted octanol–water partition coefficient (Wildman–Crippen LogP) is 1.72. The Kier molecular flexibility index (Phi) is 1.58. The Morgan fingerprint density at radius 2 is 2.33 bits per heavy atom. The van der Waals surface area contributed by atoms with Crippen LogP contribution in [0.3, 0.4) is 0 Å². The molecule has 46 valence electrons. The predicted molar refractivity (Wildman–Crippen MR) is 38.2 cm³/mol. The second-order valence-electron chi connectivity index (χ2n) is 1.85. The van der Waals surface area contributed by atoms with Gasteiger partial charge in [-0.25, -0.2) is 9.98 Å². The number of pyridine rings is 1. The van der Waals surface area contributed by atoms with Crippen molar-refractivity contribution in [1.29, 1.82) is 0 Å². The van der Waals surface area contributed by atoms with Gasteiger partial charge in [-0.3, -0.25) is 0 Å². The van der Waals surface area contributed by atoms with Gasteiger partial charge in [0.1, 0.15) is 0 Å². The van der Waals surface area contributed by atoms with Crippen molar-refractivity contribution in [3.63, 3.8) is 0 Å². The number of hydrogen-bond donors (Lipinski definition) is 0. The Balaban J connectivity index is 3.01. The van der Waals surface area contributed by atoms with Crippen LogP contribution in [0.25, 0.3) is 0 Å². The minimum absolute atomic E-state index is 0.681. The van der Waals surface area contributed by atoms with Gasteiger partial charge in [-0.1, -0.05) is 6.07 Å². The van der Waals surface area contributed by atoms with Crippen LogP contribution in [-0.2, 0) is 0 Å². The van der Waals surface area contributed by atoms with Crippen molar-refractivity contribution >= 4 is 12.5 Å². The first-order chi connectivity index (χ1) is 4.33. The van der Waals surface area contributed by atoms with Crippen molar-refractivity contribution in [1.82, 2.24) is 4.98 Å². The molecule has 0 atom stereocenters. The molecule has 2 nitrogen and oxygen atoms in total. The van der Waals surface area contributed by atoms with Crippen molar-refractivity contribution in [2.45, 2.75) is 6.92 Å². The molecule has 1 aromatic heterocycles. The molecule has 0 spiro atoms. The normalized spacial score (nSPS) is 9.00.